The Morgan fingerprint density at radius 2 is 1.82 bits per heavy atom. The first-order valence-corrected chi connectivity index (χ1v) is 5.14. The Balaban J connectivity index is 2.36. The summed E-state index contributed by atoms with van der Waals surface area (Å²) in [6, 6.07) is -0.666. The Hall–Kier alpha value is -1.51. The van der Waals surface area contributed by atoms with Gasteiger partial charge in [0.05, 0.1) is 13.1 Å². The van der Waals surface area contributed by atoms with E-state index in [-0.39, 0.29) is 19.5 Å². The van der Waals surface area contributed by atoms with E-state index in [1.165, 1.54) is 0 Å². The zero-order valence-electron chi connectivity index (χ0n) is 9.18. The van der Waals surface area contributed by atoms with Crippen LogP contribution in [0.1, 0.15) is 6.42 Å². The van der Waals surface area contributed by atoms with E-state index in [2.05, 4.69) is 10.1 Å². The fraction of sp³-hybridized carbons (Fsp3) is 0.667. The van der Waals surface area contributed by atoms with Crippen molar-refractivity contribution in [3.63, 3.8) is 0 Å². The van der Waals surface area contributed by atoms with Gasteiger partial charge in [0.25, 0.3) is 0 Å². The first-order chi connectivity index (χ1) is 8.06. The molecule has 0 aromatic heterocycles. The molecule has 1 fully saturated rings. The zero-order chi connectivity index (χ0) is 12.8. The predicted molar refractivity (Wildman–Crippen MR) is 55.5 cm³/mol. The molecule has 8 nitrogen and oxygen atoms in total. The number of carbonyl (C=O) groups excluding carboxylic acids is 3. The summed E-state index contributed by atoms with van der Waals surface area (Å²) in [5.74, 6) is -2.05. The van der Waals surface area contributed by atoms with Gasteiger partial charge in [-0.05, 0) is 0 Å². The maximum absolute atomic E-state index is 11.4. The molecule has 2 atom stereocenters. The van der Waals surface area contributed by atoms with Gasteiger partial charge in [-0.1, -0.05) is 0 Å². The van der Waals surface area contributed by atoms with E-state index < -0.39 is 30.1 Å². The Morgan fingerprint density at radius 1 is 1.18 bits per heavy atom. The van der Waals surface area contributed by atoms with Gasteiger partial charge in [0, 0.05) is 13.0 Å². The van der Waals surface area contributed by atoms with Crippen molar-refractivity contribution < 1.29 is 23.9 Å². The third kappa shape index (κ3) is 4.10. The van der Waals surface area contributed by atoms with Crippen LogP contribution < -0.4 is 16.8 Å². The predicted octanol–water partition coefficient (Wildman–Crippen LogP) is -2.75. The van der Waals surface area contributed by atoms with Crippen molar-refractivity contribution in [2.45, 2.75) is 18.6 Å². The number of rotatable bonds is 4. The Bertz CT molecular complexity index is 320. The number of nitrogens with two attached hydrogens (primary N) is 2. The number of esters is 3. The molecule has 1 unspecified atom stereocenters. The number of hydrogen-bond donors (Lipinski definition) is 3. The fourth-order valence-electron chi connectivity index (χ4n) is 1.43. The van der Waals surface area contributed by atoms with E-state index in [1.54, 1.807) is 0 Å². The third-order valence-electron chi connectivity index (χ3n) is 2.22. The standard InChI is InChI=1S/C9H15N3O5/c10-2-7(13)16-5-1-6(12-4-5)9(15)17-8(14)3-11/h5-6,12H,1-4,10-11H2/t5?,6-/m0/s1. The Kier molecular flexibility index (Phi) is 5.01. The molecule has 0 aromatic rings. The summed E-state index contributed by atoms with van der Waals surface area (Å²) in [5.41, 5.74) is 10.1. The van der Waals surface area contributed by atoms with Crippen molar-refractivity contribution in [1.82, 2.24) is 5.32 Å². The van der Waals surface area contributed by atoms with Crippen molar-refractivity contribution in [1.29, 1.82) is 0 Å². The van der Waals surface area contributed by atoms with Gasteiger partial charge in [-0.3, -0.25) is 9.59 Å². The largest absolute Gasteiger partial charge is 0.460 e. The summed E-state index contributed by atoms with van der Waals surface area (Å²) in [6.45, 7) is -0.246. The van der Waals surface area contributed by atoms with E-state index in [1.807, 2.05) is 0 Å². The van der Waals surface area contributed by atoms with Crippen molar-refractivity contribution in [2.24, 2.45) is 11.5 Å². The van der Waals surface area contributed by atoms with E-state index in [0.717, 1.165) is 0 Å². The van der Waals surface area contributed by atoms with E-state index in [0.29, 0.717) is 6.54 Å². The second-order valence-electron chi connectivity index (χ2n) is 3.51. The van der Waals surface area contributed by atoms with Crippen LogP contribution in [0, 0.1) is 0 Å². The van der Waals surface area contributed by atoms with Crippen LogP contribution in [-0.4, -0.2) is 49.7 Å². The zero-order valence-corrected chi connectivity index (χ0v) is 9.18. The van der Waals surface area contributed by atoms with Gasteiger partial charge in [0.15, 0.2) is 0 Å². The monoisotopic (exact) mass is 245 g/mol. The SMILES string of the molecule is NCC(=O)OC(=O)[C@@H]1CC(OC(=O)CN)CN1. The lowest BCUT2D eigenvalue weighted by Crippen LogP contribution is -2.35. The van der Waals surface area contributed by atoms with E-state index >= 15 is 0 Å². The molecule has 0 aromatic carbocycles. The molecule has 1 saturated heterocycles. The number of ether oxygens (including phenoxy) is 2. The van der Waals surface area contributed by atoms with Crippen LogP contribution in [0.15, 0.2) is 0 Å². The lowest BCUT2D eigenvalue weighted by Gasteiger charge is -2.10. The lowest BCUT2D eigenvalue weighted by molar-refractivity contribution is -0.160. The molecule has 0 amide bonds. The molecule has 96 valence electrons. The molecule has 1 rings (SSSR count). The Morgan fingerprint density at radius 3 is 2.41 bits per heavy atom. The minimum Gasteiger partial charge on any atom is -0.460 e. The molecular weight excluding hydrogens is 230 g/mol. The molecule has 17 heavy (non-hydrogen) atoms. The highest BCUT2D eigenvalue weighted by molar-refractivity contribution is 5.89. The van der Waals surface area contributed by atoms with Crippen LogP contribution >= 0.6 is 0 Å². The topological polar surface area (TPSA) is 134 Å². The number of carbonyl (C=O) groups is 3. The Labute approximate surface area is 97.6 Å². The van der Waals surface area contributed by atoms with Gasteiger partial charge in [0.2, 0.25) is 0 Å². The van der Waals surface area contributed by atoms with Gasteiger partial charge in [-0.15, -0.1) is 0 Å². The second-order valence-corrected chi connectivity index (χ2v) is 3.51. The van der Waals surface area contributed by atoms with Crippen LogP contribution in [0.3, 0.4) is 0 Å². The van der Waals surface area contributed by atoms with Gasteiger partial charge in [0.1, 0.15) is 12.1 Å². The summed E-state index contributed by atoms with van der Waals surface area (Å²) >= 11 is 0. The molecule has 0 aliphatic carbocycles. The summed E-state index contributed by atoms with van der Waals surface area (Å²) < 4.78 is 9.36. The molecule has 0 bridgehead atoms. The highest BCUT2D eigenvalue weighted by Gasteiger charge is 2.33. The first-order valence-electron chi connectivity index (χ1n) is 5.14. The van der Waals surface area contributed by atoms with Crippen molar-refractivity contribution in [2.75, 3.05) is 19.6 Å². The normalized spacial score (nSPS) is 23.2. The molecule has 0 saturated carbocycles. The van der Waals surface area contributed by atoms with Crippen LogP contribution in [0.2, 0.25) is 0 Å². The maximum atomic E-state index is 11.4. The number of hydrogen-bond acceptors (Lipinski definition) is 8. The fourth-order valence-corrected chi connectivity index (χ4v) is 1.43. The summed E-state index contributed by atoms with van der Waals surface area (Å²) in [6.07, 6.45) is -0.181. The molecule has 0 radical (unpaired) electrons. The highest BCUT2D eigenvalue weighted by atomic mass is 16.6. The molecule has 1 aliphatic rings. The molecule has 8 heteroatoms. The highest BCUT2D eigenvalue weighted by Crippen LogP contribution is 2.11. The average Bonchev–Trinajstić information content (AvgIpc) is 2.77. The number of nitrogens with one attached hydrogen (secondary N) is 1. The van der Waals surface area contributed by atoms with Gasteiger partial charge in [-0.25, -0.2) is 4.79 Å². The van der Waals surface area contributed by atoms with Gasteiger partial charge in [-0.2, -0.15) is 0 Å². The van der Waals surface area contributed by atoms with Crippen LogP contribution in [-0.2, 0) is 23.9 Å². The second kappa shape index (κ2) is 6.28. The quantitative estimate of drug-likeness (QED) is 0.358. The molecule has 1 heterocycles. The minimum absolute atomic E-state index is 0.211. The van der Waals surface area contributed by atoms with Crippen LogP contribution in [0.4, 0.5) is 0 Å². The van der Waals surface area contributed by atoms with Crippen molar-refractivity contribution in [3.05, 3.63) is 0 Å². The molecule has 5 N–H and O–H groups in total. The lowest BCUT2D eigenvalue weighted by atomic mass is 10.2. The molecule has 1 aliphatic heterocycles. The molecular formula is C9H15N3O5. The first kappa shape index (κ1) is 13.6. The van der Waals surface area contributed by atoms with Crippen molar-refractivity contribution >= 4 is 17.9 Å². The van der Waals surface area contributed by atoms with Crippen LogP contribution in [0.5, 0.6) is 0 Å². The summed E-state index contributed by atoms with van der Waals surface area (Å²) in [4.78, 5) is 33.1. The summed E-state index contributed by atoms with van der Waals surface area (Å²) in [7, 11) is 0. The van der Waals surface area contributed by atoms with Crippen LogP contribution in [0.25, 0.3) is 0 Å². The minimum atomic E-state index is -0.792. The summed E-state index contributed by atoms with van der Waals surface area (Å²) in [5, 5.41) is 2.78. The van der Waals surface area contributed by atoms with Gasteiger partial charge < -0.3 is 26.3 Å². The maximum Gasteiger partial charge on any atom is 0.330 e. The third-order valence-corrected chi connectivity index (χ3v) is 2.22. The smallest absolute Gasteiger partial charge is 0.330 e. The van der Waals surface area contributed by atoms with E-state index in [9.17, 15) is 14.4 Å². The van der Waals surface area contributed by atoms with E-state index in [4.69, 9.17) is 16.2 Å². The molecule has 0 spiro atoms. The van der Waals surface area contributed by atoms with Gasteiger partial charge >= 0.3 is 17.9 Å². The average molecular weight is 245 g/mol. The van der Waals surface area contributed by atoms with Crippen molar-refractivity contribution in [3.8, 4) is 0 Å².